The van der Waals surface area contributed by atoms with Crippen LogP contribution in [0.3, 0.4) is 0 Å². The van der Waals surface area contributed by atoms with Crippen LogP contribution in [0.5, 0.6) is 0 Å². The minimum atomic E-state index is -3.02. The van der Waals surface area contributed by atoms with Crippen LogP contribution in [0.2, 0.25) is 0 Å². The molecule has 1 fully saturated rings. The first kappa shape index (κ1) is 16.5. The molecule has 5 heterocycles. The molecule has 0 spiro atoms. The highest BCUT2D eigenvalue weighted by Crippen LogP contribution is 2.34. The van der Waals surface area contributed by atoms with Crippen LogP contribution in [0.4, 0.5) is 11.8 Å². The fourth-order valence-corrected chi connectivity index (χ4v) is 3.25. The Bertz CT molecular complexity index is 1490. The molecule has 168 valence electrons. The highest BCUT2D eigenvalue weighted by atomic mass is 16.5. The molecule has 1 atom stereocenters. The van der Waals surface area contributed by atoms with E-state index in [1.54, 1.807) is 41.2 Å². The summed E-state index contributed by atoms with van der Waals surface area (Å²) in [6.07, 6.45) is 0.379. The Hall–Kier alpha value is -4.12. The van der Waals surface area contributed by atoms with Gasteiger partial charge < -0.3 is 19.8 Å². The van der Waals surface area contributed by atoms with Crippen molar-refractivity contribution in [1.29, 1.82) is 0 Å². The first-order valence-corrected chi connectivity index (χ1v) is 10.1. The summed E-state index contributed by atoms with van der Waals surface area (Å²) in [7, 11) is 1.07. The quantitative estimate of drug-likeness (QED) is 0.453. The SMILES string of the molecule is [2H]C1([2H])N(C)C(=O)[C@](O)(c2cc(-c3cccc(-c4ccnc(Nc5ccn(CC)n5)n4)n3)no2)C1([2H])[2H]. The second-order valence-electron chi connectivity index (χ2n) is 7.24. The fraction of sp³-hybridized carbons (Fsp3) is 0.273. The molecule has 1 aliphatic heterocycles. The maximum atomic E-state index is 12.7. The van der Waals surface area contributed by atoms with Crippen LogP contribution >= 0.6 is 0 Å². The monoisotopic (exact) mass is 450 g/mol. The lowest BCUT2D eigenvalue weighted by Gasteiger charge is -2.16. The summed E-state index contributed by atoms with van der Waals surface area (Å²) >= 11 is 0. The number of likely N-dealkylation sites (tertiary alicyclic amines) is 1. The second-order valence-corrected chi connectivity index (χ2v) is 7.24. The van der Waals surface area contributed by atoms with Crippen LogP contribution in [0.25, 0.3) is 22.8 Å². The smallest absolute Gasteiger partial charge is 0.262 e. The largest absolute Gasteiger partial charge is 0.373 e. The zero-order valence-corrected chi connectivity index (χ0v) is 17.7. The summed E-state index contributed by atoms with van der Waals surface area (Å²) in [4.78, 5) is 26.4. The molecule has 11 nitrogen and oxygen atoms in total. The van der Waals surface area contributed by atoms with E-state index in [-0.39, 0.29) is 5.69 Å². The first-order valence-electron chi connectivity index (χ1n) is 12.1. The molecule has 2 N–H and O–H groups in total. The van der Waals surface area contributed by atoms with Crippen molar-refractivity contribution in [2.24, 2.45) is 0 Å². The van der Waals surface area contributed by atoms with Gasteiger partial charge in [0.25, 0.3) is 5.91 Å². The fourth-order valence-electron chi connectivity index (χ4n) is 3.25. The molecule has 5 rings (SSSR count). The average Bonchev–Trinajstić information content (AvgIpc) is 3.59. The number of aliphatic hydroxyl groups is 1. The van der Waals surface area contributed by atoms with E-state index < -0.39 is 30.1 Å². The molecule has 0 aliphatic carbocycles. The average molecular weight is 450 g/mol. The Balaban J connectivity index is 1.45. The van der Waals surface area contributed by atoms with Gasteiger partial charge in [-0.15, -0.1) is 0 Å². The summed E-state index contributed by atoms with van der Waals surface area (Å²) in [6, 6.07) is 9.68. The highest BCUT2D eigenvalue weighted by Gasteiger charge is 2.48. The summed E-state index contributed by atoms with van der Waals surface area (Å²) in [5.74, 6) is -0.808. The number of nitrogens with one attached hydrogen (secondary N) is 1. The normalized spacial score (nSPS) is 23.0. The summed E-state index contributed by atoms with van der Waals surface area (Å²) < 4.78 is 39.2. The van der Waals surface area contributed by atoms with Gasteiger partial charge in [0, 0.05) is 56.5 Å². The molecular weight excluding hydrogens is 424 g/mol. The highest BCUT2D eigenvalue weighted by molar-refractivity contribution is 5.87. The number of hydrogen-bond acceptors (Lipinski definition) is 9. The molecule has 0 unspecified atom stereocenters. The molecule has 11 heteroatoms. The third-order valence-corrected chi connectivity index (χ3v) is 5.02. The molecule has 0 saturated carbocycles. The van der Waals surface area contributed by atoms with Gasteiger partial charge in [0.2, 0.25) is 11.5 Å². The van der Waals surface area contributed by atoms with Crippen molar-refractivity contribution >= 4 is 17.7 Å². The Kier molecular flexibility index (Phi) is 4.05. The topological polar surface area (TPSA) is 135 Å². The van der Waals surface area contributed by atoms with Gasteiger partial charge in [-0.05, 0) is 25.1 Å². The molecule has 0 aromatic carbocycles. The van der Waals surface area contributed by atoms with E-state index in [0.29, 0.717) is 33.7 Å². The van der Waals surface area contributed by atoms with Crippen molar-refractivity contribution in [2.75, 3.05) is 18.9 Å². The summed E-state index contributed by atoms with van der Waals surface area (Å²) in [6.45, 7) is -0.0799. The zero-order chi connectivity index (χ0) is 26.6. The van der Waals surface area contributed by atoms with E-state index >= 15 is 0 Å². The van der Waals surface area contributed by atoms with Gasteiger partial charge in [0.15, 0.2) is 11.6 Å². The van der Waals surface area contributed by atoms with Crippen molar-refractivity contribution in [3.05, 3.63) is 54.6 Å². The number of carbonyl (C=O) groups excluding carboxylic acids is 1. The number of pyridine rings is 1. The van der Waals surface area contributed by atoms with Crippen LogP contribution in [-0.4, -0.2) is 59.3 Å². The number of hydrogen-bond donors (Lipinski definition) is 2. The molecule has 0 radical (unpaired) electrons. The Morgan fingerprint density at radius 1 is 1.21 bits per heavy atom. The van der Waals surface area contributed by atoms with Gasteiger partial charge in [-0.3, -0.25) is 9.48 Å². The zero-order valence-electron chi connectivity index (χ0n) is 21.7. The van der Waals surface area contributed by atoms with Gasteiger partial charge in [-0.1, -0.05) is 11.2 Å². The lowest BCUT2D eigenvalue weighted by molar-refractivity contribution is -0.144. The summed E-state index contributed by atoms with van der Waals surface area (Å²) in [5.41, 5.74) is -1.54. The lowest BCUT2D eigenvalue weighted by atomic mass is 9.98. The number of aromatic nitrogens is 6. The van der Waals surface area contributed by atoms with Gasteiger partial charge in [-0.25, -0.2) is 15.0 Å². The van der Waals surface area contributed by atoms with E-state index in [1.165, 1.54) is 6.07 Å². The van der Waals surface area contributed by atoms with Crippen molar-refractivity contribution in [2.45, 2.75) is 25.4 Å². The number of anilines is 2. The summed E-state index contributed by atoms with van der Waals surface area (Å²) in [5, 5.41) is 22.3. The third-order valence-electron chi connectivity index (χ3n) is 5.02. The van der Waals surface area contributed by atoms with Crippen LogP contribution in [0, 0.1) is 0 Å². The second kappa shape index (κ2) is 8.10. The number of aryl methyl sites for hydroxylation is 1. The van der Waals surface area contributed by atoms with E-state index in [2.05, 4.69) is 30.5 Å². The van der Waals surface area contributed by atoms with Crippen molar-refractivity contribution in [1.82, 2.24) is 34.8 Å². The van der Waals surface area contributed by atoms with Crippen LogP contribution < -0.4 is 5.32 Å². The minimum Gasteiger partial charge on any atom is -0.373 e. The van der Waals surface area contributed by atoms with E-state index in [9.17, 15) is 9.90 Å². The Morgan fingerprint density at radius 2 is 2.00 bits per heavy atom. The molecule has 1 aliphatic rings. The van der Waals surface area contributed by atoms with Gasteiger partial charge in [0.1, 0.15) is 5.69 Å². The molecule has 1 saturated heterocycles. The Morgan fingerprint density at radius 3 is 2.73 bits per heavy atom. The number of carbonyl (C=O) groups is 1. The maximum absolute atomic E-state index is 12.7. The van der Waals surface area contributed by atoms with Crippen LogP contribution in [0.1, 0.15) is 24.5 Å². The number of likely N-dealkylation sites (N-methyl/N-ethyl adjacent to an activating group) is 1. The lowest BCUT2D eigenvalue weighted by Crippen LogP contribution is -2.35. The molecule has 4 aromatic heterocycles. The number of amides is 1. The van der Waals surface area contributed by atoms with E-state index in [1.807, 2.05) is 13.1 Å². The van der Waals surface area contributed by atoms with E-state index in [4.69, 9.17) is 10.0 Å². The predicted molar refractivity (Wildman–Crippen MR) is 118 cm³/mol. The molecule has 0 bridgehead atoms. The van der Waals surface area contributed by atoms with Gasteiger partial charge in [0.05, 0.1) is 17.1 Å². The van der Waals surface area contributed by atoms with Crippen molar-refractivity contribution < 1.29 is 19.9 Å². The third kappa shape index (κ3) is 3.82. The van der Waals surface area contributed by atoms with Crippen molar-refractivity contribution in [3.63, 3.8) is 0 Å². The molecular formula is C22H22N8O3. The maximum Gasteiger partial charge on any atom is 0.262 e. The minimum absolute atomic E-state index is 0.112. The number of rotatable bonds is 6. The molecule has 4 aromatic rings. The van der Waals surface area contributed by atoms with Crippen LogP contribution in [0.15, 0.2) is 53.3 Å². The van der Waals surface area contributed by atoms with Gasteiger partial charge >= 0.3 is 0 Å². The standard InChI is InChI=1S/C22H22N8O3/c1-3-30-11-8-19(27-30)26-21-23-10-7-16(25-21)14-5-4-6-15(24-14)17-13-18(33-28-17)22(32)9-12-29(2)20(22)31/h4-8,10-11,13,32H,3,9,12H2,1-2H3,(H,23,25,26,27)/t22-/m1/s1/i9D2,12D2. The van der Waals surface area contributed by atoms with Crippen molar-refractivity contribution in [3.8, 4) is 22.8 Å². The number of nitrogens with zero attached hydrogens (tertiary/aromatic N) is 7. The molecule has 1 amide bonds. The van der Waals surface area contributed by atoms with E-state index in [0.717, 1.165) is 13.6 Å². The predicted octanol–water partition coefficient (Wildman–Crippen LogP) is 2.20. The first-order chi connectivity index (χ1) is 17.5. The molecule has 33 heavy (non-hydrogen) atoms. The Labute approximate surface area is 194 Å². The van der Waals surface area contributed by atoms with Gasteiger partial charge in [-0.2, -0.15) is 5.10 Å². The van der Waals surface area contributed by atoms with Crippen LogP contribution in [-0.2, 0) is 16.9 Å².